The molecule has 3 nitrogen and oxygen atoms in total. The van der Waals surface area contributed by atoms with Crippen LogP contribution in [0.3, 0.4) is 0 Å². The highest BCUT2D eigenvalue weighted by Crippen LogP contribution is 2.50. The first kappa shape index (κ1) is 14.5. The van der Waals surface area contributed by atoms with Gasteiger partial charge < -0.3 is 10.4 Å². The molecule has 2 aliphatic rings. The van der Waals surface area contributed by atoms with Crippen LogP contribution < -0.4 is 5.32 Å². The Morgan fingerprint density at radius 1 is 1.17 bits per heavy atom. The molecule has 1 heterocycles. The van der Waals surface area contributed by atoms with Gasteiger partial charge in [-0.2, -0.15) is 0 Å². The van der Waals surface area contributed by atoms with Gasteiger partial charge in [-0.1, -0.05) is 46.3 Å². The Balaban J connectivity index is 1.83. The van der Waals surface area contributed by atoms with E-state index in [-0.39, 0.29) is 6.04 Å². The molecule has 0 spiro atoms. The van der Waals surface area contributed by atoms with Crippen LogP contribution in [-0.4, -0.2) is 11.1 Å². The molecule has 1 aliphatic carbocycles. The van der Waals surface area contributed by atoms with Crippen molar-refractivity contribution in [1.29, 1.82) is 0 Å². The zero-order chi connectivity index (χ0) is 16.0. The third-order valence-corrected chi connectivity index (χ3v) is 5.34. The van der Waals surface area contributed by atoms with Crippen molar-refractivity contribution < 1.29 is 9.90 Å². The zero-order valence-electron chi connectivity index (χ0n) is 12.4. The first-order valence-corrected chi connectivity index (χ1v) is 8.49. The van der Waals surface area contributed by atoms with Crippen molar-refractivity contribution in [3.63, 3.8) is 0 Å². The second-order valence-electron chi connectivity index (χ2n) is 6.10. The minimum Gasteiger partial charge on any atom is -0.478 e. The molecule has 0 radical (unpaired) electrons. The standard InChI is InChI=1S/C19H16BrNO2/c20-11-8-9-17-16(10-11)12-6-3-7-13(12)18(21-17)14-4-1-2-5-15(14)19(22)23/h1-6,8-10,12-13,18,21H,7H2,(H,22,23)/t12-,13-,18+/m0/s1. The van der Waals surface area contributed by atoms with Crippen molar-refractivity contribution in [3.8, 4) is 0 Å². The van der Waals surface area contributed by atoms with Crippen LogP contribution in [0.1, 0.15) is 39.9 Å². The largest absolute Gasteiger partial charge is 0.478 e. The summed E-state index contributed by atoms with van der Waals surface area (Å²) in [6, 6.07) is 13.6. The van der Waals surface area contributed by atoms with E-state index in [4.69, 9.17) is 0 Å². The van der Waals surface area contributed by atoms with Gasteiger partial charge in [-0.05, 0) is 47.7 Å². The molecule has 116 valence electrons. The van der Waals surface area contributed by atoms with Gasteiger partial charge in [0.25, 0.3) is 0 Å². The molecular weight excluding hydrogens is 354 g/mol. The van der Waals surface area contributed by atoms with Crippen molar-refractivity contribution >= 4 is 27.6 Å². The van der Waals surface area contributed by atoms with Crippen LogP contribution in [0.4, 0.5) is 5.69 Å². The van der Waals surface area contributed by atoms with Gasteiger partial charge in [0.1, 0.15) is 0 Å². The molecular formula is C19H16BrNO2. The summed E-state index contributed by atoms with van der Waals surface area (Å²) in [6.07, 6.45) is 5.43. The summed E-state index contributed by atoms with van der Waals surface area (Å²) in [5.41, 5.74) is 3.62. The van der Waals surface area contributed by atoms with Gasteiger partial charge in [0.2, 0.25) is 0 Å². The Bertz CT molecular complexity index is 815. The Morgan fingerprint density at radius 2 is 2.00 bits per heavy atom. The third-order valence-electron chi connectivity index (χ3n) is 4.85. The van der Waals surface area contributed by atoms with E-state index in [0.717, 1.165) is 22.1 Å². The highest BCUT2D eigenvalue weighted by Gasteiger charge is 2.39. The average Bonchev–Trinajstić information content (AvgIpc) is 3.04. The summed E-state index contributed by atoms with van der Waals surface area (Å²) in [5, 5.41) is 13.1. The Kier molecular flexibility index (Phi) is 3.49. The molecule has 0 unspecified atom stereocenters. The minimum atomic E-state index is -0.869. The van der Waals surface area contributed by atoms with Gasteiger partial charge in [-0.15, -0.1) is 0 Å². The number of carboxylic acid groups (broad SMARTS) is 1. The molecule has 0 saturated carbocycles. The number of hydrogen-bond acceptors (Lipinski definition) is 2. The van der Waals surface area contributed by atoms with Gasteiger partial charge in [0.05, 0.1) is 11.6 Å². The maximum atomic E-state index is 11.6. The predicted octanol–water partition coefficient (Wildman–Crippen LogP) is 4.97. The summed E-state index contributed by atoms with van der Waals surface area (Å²) in [6.45, 7) is 0. The van der Waals surface area contributed by atoms with E-state index in [9.17, 15) is 9.90 Å². The summed E-state index contributed by atoms with van der Waals surface area (Å²) < 4.78 is 1.07. The van der Waals surface area contributed by atoms with Crippen LogP contribution in [-0.2, 0) is 0 Å². The Morgan fingerprint density at radius 3 is 2.83 bits per heavy atom. The predicted molar refractivity (Wildman–Crippen MR) is 93.9 cm³/mol. The van der Waals surface area contributed by atoms with Crippen LogP contribution in [0.2, 0.25) is 0 Å². The number of allylic oxidation sites excluding steroid dienone is 2. The van der Waals surface area contributed by atoms with Gasteiger partial charge in [-0.25, -0.2) is 4.79 Å². The molecule has 2 N–H and O–H groups in total. The van der Waals surface area contributed by atoms with Crippen molar-refractivity contribution in [1.82, 2.24) is 0 Å². The van der Waals surface area contributed by atoms with Crippen LogP contribution >= 0.6 is 15.9 Å². The van der Waals surface area contributed by atoms with Crippen molar-refractivity contribution in [3.05, 3.63) is 75.8 Å². The van der Waals surface area contributed by atoms with Gasteiger partial charge in [0.15, 0.2) is 0 Å². The lowest BCUT2D eigenvalue weighted by Crippen LogP contribution is -2.30. The first-order chi connectivity index (χ1) is 11.1. The van der Waals surface area contributed by atoms with Crippen molar-refractivity contribution in [2.24, 2.45) is 5.92 Å². The Labute approximate surface area is 143 Å². The van der Waals surface area contributed by atoms with Crippen molar-refractivity contribution in [2.45, 2.75) is 18.4 Å². The lowest BCUT2D eigenvalue weighted by molar-refractivity contribution is 0.0694. The molecule has 23 heavy (non-hydrogen) atoms. The maximum Gasteiger partial charge on any atom is 0.336 e. The van der Waals surface area contributed by atoms with Crippen molar-refractivity contribution in [2.75, 3.05) is 5.32 Å². The fraction of sp³-hybridized carbons (Fsp3) is 0.211. The number of rotatable bonds is 2. The highest BCUT2D eigenvalue weighted by atomic mass is 79.9. The lowest BCUT2D eigenvalue weighted by Gasteiger charge is -2.38. The van der Waals surface area contributed by atoms with Crippen LogP contribution in [0, 0.1) is 5.92 Å². The van der Waals surface area contributed by atoms with Gasteiger partial charge in [-0.3, -0.25) is 0 Å². The molecule has 4 heteroatoms. The summed E-state index contributed by atoms with van der Waals surface area (Å²) in [5.74, 6) is -0.195. The molecule has 0 fully saturated rings. The molecule has 0 bridgehead atoms. The molecule has 0 amide bonds. The van der Waals surface area contributed by atoms with Crippen LogP contribution in [0.15, 0.2) is 59.1 Å². The van der Waals surface area contributed by atoms with E-state index in [1.54, 1.807) is 12.1 Å². The van der Waals surface area contributed by atoms with Crippen LogP contribution in [0.25, 0.3) is 0 Å². The van der Waals surface area contributed by atoms with E-state index in [0.29, 0.717) is 17.4 Å². The molecule has 0 saturated heterocycles. The SMILES string of the molecule is O=C(O)c1ccccc1[C@@H]1Nc2ccc(Br)cc2[C@H]2C=CC[C@@H]21. The fourth-order valence-electron chi connectivity index (χ4n) is 3.84. The number of fused-ring (bicyclic) bond motifs is 3. The molecule has 2 aromatic carbocycles. The lowest BCUT2D eigenvalue weighted by atomic mass is 9.76. The van der Waals surface area contributed by atoms with Crippen LogP contribution in [0.5, 0.6) is 0 Å². The third kappa shape index (κ3) is 2.38. The monoisotopic (exact) mass is 369 g/mol. The number of hydrogen-bond donors (Lipinski definition) is 2. The topological polar surface area (TPSA) is 49.3 Å². The number of halogens is 1. The van der Waals surface area contributed by atoms with Gasteiger partial charge in [0, 0.05) is 16.1 Å². The second-order valence-corrected chi connectivity index (χ2v) is 7.02. The van der Waals surface area contributed by atoms with E-state index >= 15 is 0 Å². The van der Waals surface area contributed by atoms with E-state index in [1.807, 2.05) is 18.2 Å². The fourth-order valence-corrected chi connectivity index (χ4v) is 4.21. The number of nitrogens with one attached hydrogen (secondary N) is 1. The normalized spacial score (nSPS) is 24.7. The summed E-state index contributed by atoms with van der Waals surface area (Å²) in [7, 11) is 0. The maximum absolute atomic E-state index is 11.6. The van der Waals surface area contributed by atoms with E-state index in [1.165, 1.54) is 5.56 Å². The molecule has 4 rings (SSSR count). The van der Waals surface area contributed by atoms with E-state index < -0.39 is 5.97 Å². The second kappa shape index (κ2) is 5.53. The number of carboxylic acids is 1. The molecule has 2 aromatic rings. The van der Waals surface area contributed by atoms with Gasteiger partial charge >= 0.3 is 5.97 Å². The smallest absolute Gasteiger partial charge is 0.336 e. The molecule has 0 aromatic heterocycles. The Hall–Kier alpha value is -2.07. The molecule has 1 aliphatic heterocycles. The quantitative estimate of drug-likeness (QED) is 0.734. The minimum absolute atomic E-state index is 0.0102. The number of carbonyl (C=O) groups is 1. The number of anilines is 1. The average molecular weight is 370 g/mol. The summed E-state index contributed by atoms with van der Waals surface area (Å²) >= 11 is 3.55. The first-order valence-electron chi connectivity index (χ1n) is 7.70. The number of benzene rings is 2. The van der Waals surface area contributed by atoms with E-state index in [2.05, 4.69) is 45.5 Å². The zero-order valence-corrected chi connectivity index (χ0v) is 14.0. The number of aromatic carboxylic acids is 1. The highest BCUT2D eigenvalue weighted by molar-refractivity contribution is 9.10. The summed E-state index contributed by atoms with van der Waals surface area (Å²) in [4.78, 5) is 11.6. The molecule has 3 atom stereocenters.